The second-order valence-corrected chi connectivity index (χ2v) is 5.01. The Morgan fingerprint density at radius 3 is 2.56 bits per heavy atom. The normalized spacial score (nSPS) is 10.9. The summed E-state index contributed by atoms with van der Waals surface area (Å²) in [4.78, 5) is 22.0. The Morgan fingerprint density at radius 2 is 2.06 bits per heavy atom. The van der Waals surface area contributed by atoms with Crippen LogP contribution in [0.3, 0.4) is 0 Å². The van der Waals surface area contributed by atoms with Crippen LogP contribution in [-0.4, -0.2) is 18.0 Å². The fourth-order valence-electron chi connectivity index (χ4n) is 1.16. The van der Waals surface area contributed by atoms with Crippen LogP contribution in [0.4, 0.5) is 14.9 Å². The van der Waals surface area contributed by atoms with Crippen LogP contribution in [0.1, 0.15) is 31.1 Å². The van der Waals surface area contributed by atoms with E-state index in [9.17, 15) is 14.0 Å². The van der Waals surface area contributed by atoms with E-state index in [1.807, 2.05) is 0 Å². The van der Waals surface area contributed by atoms with E-state index in [0.29, 0.717) is 6.29 Å². The molecule has 0 atom stereocenters. The SMILES string of the molecule is CC(C)(C)OC(=O)Nc1cc(Cl)c(C=O)cc1F. The van der Waals surface area contributed by atoms with Crippen molar-refractivity contribution in [3.05, 3.63) is 28.5 Å². The number of amides is 1. The molecule has 6 heteroatoms. The lowest BCUT2D eigenvalue weighted by Crippen LogP contribution is -2.27. The molecule has 0 bridgehead atoms. The van der Waals surface area contributed by atoms with Gasteiger partial charge in [-0.05, 0) is 32.9 Å². The fraction of sp³-hybridized carbons (Fsp3) is 0.333. The van der Waals surface area contributed by atoms with Crippen LogP contribution >= 0.6 is 11.6 Å². The first-order chi connectivity index (χ1) is 8.23. The molecule has 0 fully saturated rings. The van der Waals surface area contributed by atoms with Gasteiger partial charge in [-0.3, -0.25) is 10.1 Å². The minimum Gasteiger partial charge on any atom is -0.444 e. The predicted molar refractivity (Wildman–Crippen MR) is 66.7 cm³/mol. The molecule has 0 radical (unpaired) electrons. The summed E-state index contributed by atoms with van der Waals surface area (Å²) in [7, 11) is 0. The zero-order chi connectivity index (χ0) is 13.9. The third-order valence-electron chi connectivity index (χ3n) is 1.85. The van der Waals surface area contributed by atoms with Gasteiger partial charge < -0.3 is 4.74 Å². The van der Waals surface area contributed by atoms with Gasteiger partial charge in [0.1, 0.15) is 11.4 Å². The summed E-state index contributed by atoms with van der Waals surface area (Å²) >= 11 is 5.73. The molecule has 18 heavy (non-hydrogen) atoms. The molecule has 0 aliphatic carbocycles. The van der Waals surface area contributed by atoms with Gasteiger partial charge >= 0.3 is 6.09 Å². The Kier molecular flexibility index (Phi) is 4.29. The summed E-state index contributed by atoms with van der Waals surface area (Å²) in [5, 5.41) is 2.28. The third kappa shape index (κ3) is 4.00. The average Bonchev–Trinajstić information content (AvgIpc) is 2.20. The number of carbonyl (C=O) groups is 2. The molecular formula is C12H13ClFNO3. The number of aldehydes is 1. The van der Waals surface area contributed by atoms with E-state index in [-0.39, 0.29) is 16.3 Å². The van der Waals surface area contributed by atoms with Gasteiger partial charge in [-0.1, -0.05) is 11.6 Å². The molecular weight excluding hydrogens is 261 g/mol. The highest BCUT2D eigenvalue weighted by atomic mass is 35.5. The second-order valence-electron chi connectivity index (χ2n) is 4.60. The summed E-state index contributed by atoms with van der Waals surface area (Å²) in [6, 6.07) is 2.10. The number of rotatable bonds is 2. The zero-order valence-electron chi connectivity index (χ0n) is 10.2. The van der Waals surface area contributed by atoms with Gasteiger partial charge in [0.2, 0.25) is 0 Å². The summed E-state index contributed by atoms with van der Waals surface area (Å²) in [6.07, 6.45) is -0.362. The van der Waals surface area contributed by atoms with Crippen molar-refractivity contribution in [2.24, 2.45) is 0 Å². The first kappa shape index (κ1) is 14.4. The molecule has 0 heterocycles. The molecule has 1 rings (SSSR count). The number of ether oxygens (including phenoxy) is 1. The Hall–Kier alpha value is -1.62. The van der Waals surface area contributed by atoms with Crippen LogP contribution < -0.4 is 5.32 Å². The van der Waals surface area contributed by atoms with Gasteiger partial charge in [-0.25, -0.2) is 9.18 Å². The number of halogens is 2. The van der Waals surface area contributed by atoms with Crippen molar-refractivity contribution in [2.45, 2.75) is 26.4 Å². The molecule has 98 valence electrons. The Balaban J connectivity index is 2.89. The quantitative estimate of drug-likeness (QED) is 0.837. The van der Waals surface area contributed by atoms with Crippen molar-refractivity contribution in [2.75, 3.05) is 5.32 Å². The largest absolute Gasteiger partial charge is 0.444 e. The third-order valence-corrected chi connectivity index (χ3v) is 2.18. The minimum atomic E-state index is -0.795. The molecule has 1 aromatic carbocycles. The van der Waals surface area contributed by atoms with Crippen LogP contribution in [0.5, 0.6) is 0 Å². The summed E-state index contributed by atoms with van der Waals surface area (Å²) in [5.74, 6) is -0.757. The van der Waals surface area contributed by atoms with E-state index >= 15 is 0 Å². The van der Waals surface area contributed by atoms with Gasteiger partial charge in [0.25, 0.3) is 0 Å². The van der Waals surface area contributed by atoms with E-state index in [0.717, 1.165) is 12.1 Å². The molecule has 0 saturated heterocycles. The molecule has 1 amide bonds. The molecule has 1 N–H and O–H groups in total. The summed E-state index contributed by atoms with van der Waals surface area (Å²) in [5.41, 5.74) is -0.809. The van der Waals surface area contributed by atoms with Gasteiger partial charge in [-0.2, -0.15) is 0 Å². The smallest absolute Gasteiger partial charge is 0.412 e. The molecule has 0 aliphatic rings. The predicted octanol–water partition coefficient (Wildman–Crippen LogP) is 3.64. The van der Waals surface area contributed by atoms with Crippen LogP contribution in [0.15, 0.2) is 12.1 Å². The number of nitrogens with one attached hydrogen (secondary N) is 1. The summed E-state index contributed by atoms with van der Waals surface area (Å²) < 4.78 is 18.5. The van der Waals surface area contributed by atoms with E-state index in [1.54, 1.807) is 20.8 Å². The zero-order valence-corrected chi connectivity index (χ0v) is 11.0. The van der Waals surface area contributed by atoms with Crippen LogP contribution in [0.25, 0.3) is 0 Å². The van der Waals surface area contributed by atoms with Crippen molar-refractivity contribution < 1.29 is 18.7 Å². The highest BCUT2D eigenvalue weighted by Gasteiger charge is 2.18. The molecule has 0 saturated carbocycles. The number of anilines is 1. The van der Waals surface area contributed by atoms with Crippen LogP contribution in [0, 0.1) is 5.82 Å². The van der Waals surface area contributed by atoms with Crippen LogP contribution in [0.2, 0.25) is 5.02 Å². The van der Waals surface area contributed by atoms with Crippen molar-refractivity contribution in [3.63, 3.8) is 0 Å². The highest BCUT2D eigenvalue weighted by molar-refractivity contribution is 6.33. The maximum Gasteiger partial charge on any atom is 0.412 e. The first-order valence-corrected chi connectivity index (χ1v) is 5.55. The average molecular weight is 274 g/mol. The summed E-state index contributed by atoms with van der Waals surface area (Å²) in [6.45, 7) is 5.06. The molecule has 0 aromatic heterocycles. The van der Waals surface area contributed by atoms with Gasteiger partial charge in [-0.15, -0.1) is 0 Å². The topological polar surface area (TPSA) is 55.4 Å². The molecule has 0 aliphatic heterocycles. The van der Waals surface area contributed by atoms with Crippen molar-refractivity contribution in [3.8, 4) is 0 Å². The molecule has 0 spiro atoms. The van der Waals surface area contributed by atoms with Crippen molar-refractivity contribution in [1.82, 2.24) is 0 Å². The molecule has 1 aromatic rings. The molecule has 4 nitrogen and oxygen atoms in total. The van der Waals surface area contributed by atoms with Crippen LogP contribution in [-0.2, 0) is 4.74 Å². The Labute approximate surface area is 109 Å². The van der Waals surface area contributed by atoms with Gasteiger partial charge in [0.05, 0.1) is 10.7 Å². The standard InChI is InChI=1S/C12H13ClFNO3/c1-12(2,3)18-11(17)15-10-5-8(13)7(6-16)4-9(10)14/h4-6H,1-3H3,(H,15,17). The monoisotopic (exact) mass is 273 g/mol. The number of carbonyl (C=O) groups excluding carboxylic acids is 2. The highest BCUT2D eigenvalue weighted by Crippen LogP contribution is 2.24. The number of hydrogen-bond acceptors (Lipinski definition) is 3. The number of hydrogen-bond donors (Lipinski definition) is 1. The lowest BCUT2D eigenvalue weighted by Gasteiger charge is -2.19. The van der Waals surface area contributed by atoms with E-state index in [4.69, 9.17) is 16.3 Å². The lowest BCUT2D eigenvalue weighted by atomic mass is 10.2. The minimum absolute atomic E-state index is 0.0175. The van der Waals surface area contributed by atoms with Gasteiger partial charge in [0, 0.05) is 5.56 Å². The fourth-order valence-corrected chi connectivity index (χ4v) is 1.37. The first-order valence-electron chi connectivity index (χ1n) is 5.17. The Bertz CT molecular complexity index is 483. The van der Waals surface area contributed by atoms with Crippen molar-refractivity contribution >= 4 is 29.7 Å². The molecule has 0 unspecified atom stereocenters. The van der Waals surface area contributed by atoms with E-state index in [1.165, 1.54) is 0 Å². The van der Waals surface area contributed by atoms with Crippen molar-refractivity contribution in [1.29, 1.82) is 0 Å². The lowest BCUT2D eigenvalue weighted by molar-refractivity contribution is 0.0635. The second kappa shape index (κ2) is 5.35. The number of benzene rings is 1. The Morgan fingerprint density at radius 1 is 1.44 bits per heavy atom. The maximum absolute atomic E-state index is 13.5. The maximum atomic E-state index is 13.5. The van der Waals surface area contributed by atoms with E-state index in [2.05, 4.69) is 5.32 Å². The van der Waals surface area contributed by atoms with E-state index < -0.39 is 17.5 Å². The van der Waals surface area contributed by atoms with Gasteiger partial charge in [0.15, 0.2) is 6.29 Å².